The lowest BCUT2D eigenvalue weighted by Gasteiger charge is -2.11. The molecular weight excluding hydrogens is 346 g/mol. The Morgan fingerprint density at radius 2 is 1.77 bits per heavy atom. The summed E-state index contributed by atoms with van der Waals surface area (Å²) in [7, 11) is 3.20. The number of guanidine groups is 1. The molecule has 116 valence electrons. The highest BCUT2D eigenvalue weighted by molar-refractivity contribution is 9.10. The molecule has 0 radical (unpaired) electrons. The van der Waals surface area contributed by atoms with Crippen molar-refractivity contribution >= 4 is 27.6 Å². The minimum Gasteiger partial charge on any atom is -0.493 e. The molecule has 2 aromatic rings. The zero-order valence-corrected chi connectivity index (χ0v) is 14.1. The Morgan fingerprint density at radius 3 is 2.41 bits per heavy atom. The summed E-state index contributed by atoms with van der Waals surface area (Å²) in [5.41, 5.74) is 7.75. The molecule has 2 aromatic carbocycles. The van der Waals surface area contributed by atoms with Gasteiger partial charge in [0.05, 0.1) is 20.8 Å². The number of methoxy groups -OCH3 is 2. The number of hydrogen-bond donors (Lipinski definition) is 2. The van der Waals surface area contributed by atoms with Gasteiger partial charge in [-0.15, -0.1) is 0 Å². The summed E-state index contributed by atoms with van der Waals surface area (Å²) >= 11 is 3.50. The Morgan fingerprint density at radius 1 is 1.14 bits per heavy atom. The number of hydrogen-bond acceptors (Lipinski definition) is 3. The molecule has 0 heterocycles. The van der Waals surface area contributed by atoms with Crippen molar-refractivity contribution in [2.24, 2.45) is 10.7 Å². The van der Waals surface area contributed by atoms with Crippen LogP contribution in [0.25, 0.3) is 0 Å². The van der Waals surface area contributed by atoms with Crippen LogP contribution in [-0.4, -0.2) is 20.2 Å². The van der Waals surface area contributed by atoms with Crippen molar-refractivity contribution in [1.82, 2.24) is 0 Å². The van der Waals surface area contributed by atoms with Crippen molar-refractivity contribution < 1.29 is 9.47 Å². The maximum absolute atomic E-state index is 5.90. The molecule has 0 aromatic heterocycles. The van der Waals surface area contributed by atoms with Crippen LogP contribution < -0.4 is 20.5 Å². The number of aliphatic imine (C=N–C) groups is 1. The summed E-state index contributed by atoms with van der Waals surface area (Å²) in [5, 5.41) is 3.04. The van der Waals surface area contributed by atoms with Gasteiger partial charge in [0.1, 0.15) is 0 Å². The number of ether oxygens (including phenoxy) is 2. The van der Waals surface area contributed by atoms with Gasteiger partial charge in [0.15, 0.2) is 17.5 Å². The van der Waals surface area contributed by atoms with Gasteiger partial charge in [-0.1, -0.05) is 34.1 Å². The minimum absolute atomic E-state index is 0.355. The van der Waals surface area contributed by atoms with Gasteiger partial charge in [-0.25, -0.2) is 4.99 Å². The van der Waals surface area contributed by atoms with Crippen LogP contribution in [0.1, 0.15) is 5.56 Å². The summed E-state index contributed by atoms with van der Waals surface area (Å²) in [6.45, 7) is 0.423. The second-order valence-electron chi connectivity index (χ2n) is 4.49. The lowest BCUT2D eigenvalue weighted by Crippen LogP contribution is -2.22. The Bertz CT molecular complexity index is 660. The number of nitrogens with two attached hydrogens (primary N) is 1. The molecule has 0 bridgehead atoms. The lowest BCUT2D eigenvalue weighted by atomic mass is 10.2. The molecule has 0 aliphatic heterocycles. The quantitative estimate of drug-likeness (QED) is 0.630. The Balaban J connectivity index is 2.11. The number of nitrogens with zero attached hydrogens (tertiary/aromatic N) is 1. The van der Waals surface area contributed by atoms with E-state index in [4.69, 9.17) is 15.2 Å². The molecule has 6 heteroatoms. The highest BCUT2D eigenvalue weighted by Gasteiger charge is 2.09. The topological polar surface area (TPSA) is 68.9 Å². The van der Waals surface area contributed by atoms with Crippen LogP contribution in [0.4, 0.5) is 5.69 Å². The van der Waals surface area contributed by atoms with Crippen molar-refractivity contribution in [3.05, 3.63) is 52.5 Å². The van der Waals surface area contributed by atoms with E-state index in [1.54, 1.807) is 14.2 Å². The molecule has 0 spiro atoms. The summed E-state index contributed by atoms with van der Waals surface area (Å²) in [6, 6.07) is 13.4. The largest absolute Gasteiger partial charge is 0.493 e. The fourth-order valence-corrected chi connectivity index (χ4v) is 2.34. The van der Waals surface area contributed by atoms with E-state index in [9.17, 15) is 0 Å². The number of benzene rings is 2. The molecule has 0 aliphatic rings. The SMILES string of the molecule is COc1cc(Br)c(CN=C(N)Nc2ccccc2)cc1OC. The molecule has 0 atom stereocenters. The highest BCUT2D eigenvalue weighted by atomic mass is 79.9. The van der Waals surface area contributed by atoms with Crippen LogP contribution in [0.3, 0.4) is 0 Å². The van der Waals surface area contributed by atoms with Gasteiger partial charge in [-0.05, 0) is 29.8 Å². The fraction of sp³-hybridized carbons (Fsp3) is 0.188. The number of para-hydroxylation sites is 1. The summed E-state index contributed by atoms with van der Waals surface area (Å²) in [4.78, 5) is 4.34. The van der Waals surface area contributed by atoms with E-state index in [1.165, 1.54) is 0 Å². The van der Waals surface area contributed by atoms with Gasteiger partial charge in [0.2, 0.25) is 0 Å². The first-order chi connectivity index (χ1) is 10.6. The van der Waals surface area contributed by atoms with Crippen LogP contribution in [0, 0.1) is 0 Å². The summed E-state index contributed by atoms with van der Waals surface area (Å²) in [5.74, 6) is 1.68. The van der Waals surface area contributed by atoms with Crippen LogP contribution in [0.2, 0.25) is 0 Å². The average molecular weight is 364 g/mol. The molecule has 22 heavy (non-hydrogen) atoms. The molecule has 0 aliphatic carbocycles. The van der Waals surface area contributed by atoms with E-state index in [-0.39, 0.29) is 0 Å². The standard InChI is InChI=1S/C16H18BrN3O2/c1-21-14-8-11(13(17)9-15(14)22-2)10-19-16(18)20-12-6-4-3-5-7-12/h3-9H,10H2,1-2H3,(H3,18,19,20). The normalized spacial score (nSPS) is 11.1. The van der Waals surface area contributed by atoms with Crippen molar-refractivity contribution in [2.45, 2.75) is 6.54 Å². The van der Waals surface area contributed by atoms with Crippen LogP contribution >= 0.6 is 15.9 Å². The van der Waals surface area contributed by atoms with Crippen molar-refractivity contribution in [1.29, 1.82) is 0 Å². The Hall–Kier alpha value is -2.21. The summed E-state index contributed by atoms with van der Waals surface area (Å²) < 4.78 is 11.4. The average Bonchev–Trinajstić information content (AvgIpc) is 2.54. The Kier molecular flexibility index (Phi) is 5.66. The second-order valence-corrected chi connectivity index (χ2v) is 5.35. The summed E-state index contributed by atoms with van der Waals surface area (Å²) in [6.07, 6.45) is 0. The molecule has 0 amide bonds. The van der Waals surface area contributed by atoms with E-state index in [2.05, 4.69) is 26.2 Å². The third kappa shape index (κ3) is 4.14. The maximum atomic E-state index is 5.90. The van der Waals surface area contributed by atoms with Crippen LogP contribution in [0.5, 0.6) is 11.5 Å². The maximum Gasteiger partial charge on any atom is 0.193 e. The van der Waals surface area contributed by atoms with Crippen molar-refractivity contribution in [2.75, 3.05) is 19.5 Å². The van der Waals surface area contributed by atoms with E-state index in [1.807, 2.05) is 42.5 Å². The van der Waals surface area contributed by atoms with Gasteiger partial charge in [-0.2, -0.15) is 0 Å². The predicted molar refractivity (Wildman–Crippen MR) is 92.6 cm³/mol. The predicted octanol–water partition coefficient (Wildman–Crippen LogP) is 3.39. The third-order valence-corrected chi connectivity index (χ3v) is 3.76. The van der Waals surface area contributed by atoms with Gasteiger partial charge in [0.25, 0.3) is 0 Å². The van der Waals surface area contributed by atoms with Gasteiger partial charge >= 0.3 is 0 Å². The second kappa shape index (κ2) is 7.70. The smallest absolute Gasteiger partial charge is 0.193 e. The number of nitrogens with one attached hydrogen (secondary N) is 1. The first-order valence-electron chi connectivity index (χ1n) is 6.66. The molecule has 0 saturated carbocycles. The first kappa shape index (κ1) is 16.2. The molecule has 2 rings (SSSR count). The third-order valence-electron chi connectivity index (χ3n) is 3.02. The zero-order chi connectivity index (χ0) is 15.9. The highest BCUT2D eigenvalue weighted by Crippen LogP contribution is 2.33. The van der Waals surface area contributed by atoms with Crippen LogP contribution in [-0.2, 0) is 6.54 Å². The van der Waals surface area contributed by atoms with Crippen LogP contribution in [0.15, 0.2) is 51.9 Å². The minimum atomic E-state index is 0.355. The van der Waals surface area contributed by atoms with E-state index >= 15 is 0 Å². The van der Waals surface area contributed by atoms with E-state index in [0.29, 0.717) is 24.0 Å². The van der Waals surface area contributed by atoms with E-state index in [0.717, 1.165) is 15.7 Å². The van der Waals surface area contributed by atoms with Gasteiger partial charge < -0.3 is 20.5 Å². The monoisotopic (exact) mass is 363 g/mol. The molecule has 0 fully saturated rings. The molecule has 5 nitrogen and oxygen atoms in total. The van der Waals surface area contributed by atoms with Crippen molar-refractivity contribution in [3.63, 3.8) is 0 Å². The number of halogens is 1. The van der Waals surface area contributed by atoms with E-state index < -0.39 is 0 Å². The number of rotatable bonds is 5. The molecule has 0 unspecified atom stereocenters. The zero-order valence-electron chi connectivity index (χ0n) is 12.5. The molecular formula is C16H18BrN3O2. The first-order valence-corrected chi connectivity index (χ1v) is 7.45. The molecule has 3 N–H and O–H groups in total. The fourth-order valence-electron chi connectivity index (χ4n) is 1.90. The van der Waals surface area contributed by atoms with Crippen molar-refractivity contribution in [3.8, 4) is 11.5 Å². The van der Waals surface area contributed by atoms with Gasteiger partial charge in [-0.3, -0.25) is 0 Å². The number of anilines is 1. The molecule has 0 saturated heterocycles. The lowest BCUT2D eigenvalue weighted by molar-refractivity contribution is 0.354. The van der Waals surface area contributed by atoms with Gasteiger partial charge in [0, 0.05) is 10.2 Å². The Labute approximate surface area is 138 Å².